The number of nitrogens with zero attached hydrogens (tertiary/aromatic N) is 4. The second-order valence-corrected chi connectivity index (χ2v) is 8.47. The molecule has 172 valence electrons. The number of ether oxygens (including phenoxy) is 1. The molecule has 0 saturated carbocycles. The first kappa shape index (κ1) is 21.3. The molecule has 0 bridgehead atoms. The number of benzene rings is 2. The van der Waals surface area contributed by atoms with Gasteiger partial charge in [0.15, 0.2) is 5.69 Å². The number of rotatable bonds is 4. The summed E-state index contributed by atoms with van der Waals surface area (Å²) in [5, 5.41) is 18.0. The van der Waals surface area contributed by atoms with E-state index in [1.54, 1.807) is 18.0 Å². The second kappa shape index (κ2) is 8.74. The van der Waals surface area contributed by atoms with Crippen molar-refractivity contribution in [1.82, 2.24) is 15.1 Å². The normalized spacial score (nSPS) is 16.4. The molecular formula is C24H27N5O4. The van der Waals surface area contributed by atoms with Crippen molar-refractivity contribution in [3.63, 3.8) is 0 Å². The molecule has 5 rings (SSSR count). The first-order chi connectivity index (χ1) is 16.0. The lowest BCUT2D eigenvalue weighted by Crippen LogP contribution is -2.36. The van der Waals surface area contributed by atoms with Crippen LogP contribution in [0.2, 0.25) is 0 Å². The van der Waals surface area contributed by atoms with Gasteiger partial charge >= 0.3 is 0 Å². The highest BCUT2D eigenvalue weighted by Crippen LogP contribution is 2.30. The zero-order chi connectivity index (χ0) is 22.9. The minimum atomic E-state index is -0.366. The van der Waals surface area contributed by atoms with Gasteiger partial charge in [-0.15, -0.1) is 0 Å². The van der Waals surface area contributed by atoms with E-state index in [-0.39, 0.29) is 28.8 Å². The molecule has 3 heterocycles. The first-order valence-corrected chi connectivity index (χ1v) is 11.2. The van der Waals surface area contributed by atoms with Gasteiger partial charge in [0.2, 0.25) is 0 Å². The number of carbonyl (C=O) groups is 2. The van der Waals surface area contributed by atoms with Gasteiger partial charge in [-0.3, -0.25) is 14.7 Å². The van der Waals surface area contributed by atoms with Crippen molar-refractivity contribution in [3.05, 3.63) is 47.7 Å². The van der Waals surface area contributed by atoms with Crippen LogP contribution in [0.4, 0.5) is 11.4 Å². The average molecular weight is 450 g/mol. The van der Waals surface area contributed by atoms with Crippen molar-refractivity contribution in [2.24, 2.45) is 0 Å². The topological polar surface area (TPSA) is 102 Å². The number of amides is 2. The number of carbonyl (C=O) groups excluding carboxylic acids is 2. The van der Waals surface area contributed by atoms with Gasteiger partial charge in [-0.25, -0.2) is 0 Å². The number of hydrogen-bond donors (Lipinski definition) is 2. The third-order valence-electron chi connectivity index (χ3n) is 6.42. The van der Waals surface area contributed by atoms with Crippen molar-refractivity contribution in [3.8, 4) is 5.75 Å². The van der Waals surface area contributed by atoms with Gasteiger partial charge in [0.1, 0.15) is 5.75 Å². The third-order valence-corrected chi connectivity index (χ3v) is 6.42. The Hall–Kier alpha value is -3.59. The first-order valence-electron chi connectivity index (χ1n) is 11.2. The molecule has 0 atom stereocenters. The highest BCUT2D eigenvalue weighted by molar-refractivity contribution is 6.12. The molecule has 2 saturated heterocycles. The maximum Gasteiger partial charge on any atom is 0.274 e. The predicted molar refractivity (Wildman–Crippen MR) is 125 cm³/mol. The molecule has 2 fully saturated rings. The zero-order valence-corrected chi connectivity index (χ0v) is 18.6. The number of H-pyrrole nitrogens is 1. The van der Waals surface area contributed by atoms with E-state index in [9.17, 15) is 14.7 Å². The molecule has 2 amide bonds. The molecule has 0 unspecified atom stereocenters. The van der Waals surface area contributed by atoms with Crippen LogP contribution >= 0.6 is 0 Å². The fraction of sp³-hybridized carbons (Fsp3) is 0.375. The minimum Gasteiger partial charge on any atom is -0.507 e. The number of phenols is 1. The summed E-state index contributed by atoms with van der Waals surface area (Å²) in [6.45, 7) is 4.51. The largest absolute Gasteiger partial charge is 0.507 e. The summed E-state index contributed by atoms with van der Waals surface area (Å²) in [4.78, 5) is 31.7. The second-order valence-electron chi connectivity index (χ2n) is 8.47. The molecule has 9 nitrogen and oxygen atoms in total. The molecule has 3 aromatic rings. The Morgan fingerprint density at radius 3 is 2.45 bits per heavy atom. The summed E-state index contributed by atoms with van der Waals surface area (Å²) in [7, 11) is 1.67. The van der Waals surface area contributed by atoms with E-state index in [0.717, 1.165) is 31.6 Å². The molecule has 0 radical (unpaired) electrons. The number of aromatic nitrogens is 2. The SMILES string of the molecule is CN(C(=O)c1cc2c(C(=O)N3CCCC3)n[nH]c2cc1O)c1ccc(N2CCOCC2)cc1. The number of anilines is 2. The van der Waals surface area contributed by atoms with Crippen LogP contribution in [0.3, 0.4) is 0 Å². The van der Waals surface area contributed by atoms with Crippen molar-refractivity contribution in [1.29, 1.82) is 0 Å². The van der Waals surface area contributed by atoms with E-state index in [2.05, 4.69) is 15.1 Å². The van der Waals surface area contributed by atoms with Gasteiger partial charge in [-0.1, -0.05) is 0 Å². The number of fused-ring (bicyclic) bond motifs is 1. The number of aromatic amines is 1. The van der Waals surface area contributed by atoms with Crippen LogP contribution in [0.25, 0.3) is 10.9 Å². The molecule has 2 aliphatic rings. The van der Waals surface area contributed by atoms with Gasteiger partial charge < -0.3 is 24.5 Å². The lowest BCUT2D eigenvalue weighted by Gasteiger charge is -2.29. The monoisotopic (exact) mass is 449 g/mol. The van der Waals surface area contributed by atoms with Crippen LogP contribution in [-0.2, 0) is 4.74 Å². The van der Waals surface area contributed by atoms with Gasteiger partial charge in [0, 0.05) is 56.1 Å². The molecular weight excluding hydrogens is 422 g/mol. The zero-order valence-electron chi connectivity index (χ0n) is 18.6. The number of nitrogens with one attached hydrogen (secondary N) is 1. The molecule has 0 spiro atoms. The Morgan fingerprint density at radius 2 is 1.76 bits per heavy atom. The fourth-order valence-corrected chi connectivity index (χ4v) is 4.46. The Bertz CT molecular complexity index is 1180. The summed E-state index contributed by atoms with van der Waals surface area (Å²) in [6, 6.07) is 10.7. The van der Waals surface area contributed by atoms with Gasteiger partial charge in [0.25, 0.3) is 11.8 Å². The molecule has 33 heavy (non-hydrogen) atoms. The summed E-state index contributed by atoms with van der Waals surface area (Å²) in [5.74, 6) is -0.683. The van der Waals surface area contributed by atoms with Crippen molar-refractivity contribution < 1.29 is 19.4 Å². The van der Waals surface area contributed by atoms with Crippen LogP contribution in [0.5, 0.6) is 5.75 Å². The Morgan fingerprint density at radius 1 is 1.06 bits per heavy atom. The van der Waals surface area contributed by atoms with E-state index in [1.807, 2.05) is 24.3 Å². The van der Waals surface area contributed by atoms with Gasteiger partial charge in [-0.2, -0.15) is 5.10 Å². The molecule has 9 heteroatoms. The molecule has 1 aromatic heterocycles. The average Bonchev–Trinajstić information content (AvgIpc) is 3.53. The van der Waals surface area contributed by atoms with Crippen LogP contribution in [0.15, 0.2) is 36.4 Å². The van der Waals surface area contributed by atoms with Crippen molar-refractivity contribution in [2.75, 3.05) is 56.2 Å². The molecule has 2 aliphatic heterocycles. The number of likely N-dealkylation sites (tertiary alicyclic amines) is 1. The van der Waals surface area contributed by atoms with Gasteiger partial charge in [-0.05, 0) is 43.2 Å². The fourth-order valence-electron chi connectivity index (χ4n) is 4.46. The van der Waals surface area contributed by atoms with Crippen LogP contribution < -0.4 is 9.80 Å². The van der Waals surface area contributed by atoms with Crippen LogP contribution in [0.1, 0.15) is 33.7 Å². The Balaban J connectivity index is 1.40. The number of hydrogen-bond acceptors (Lipinski definition) is 6. The van der Waals surface area contributed by atoms with E-state index in [1.165, 1.54) is 11.0 Å². The number of aromatic hydroxyl groups is 1. The highest BCUT2D eigenvalue weighted by Gasteiger charge is 2.26. The van der Waals surface area contributed by atoms with E-state index < -0.39 is 0 Å². The van der Waals surface area contributed by atoms with Gasteiger partial charge in [0.05, 0.1) is 24.3 Å². The Kier molecular flexibility index (Phi) is 5.63. The summed E-state index contributed by atoms with van der Waals surface area (Å²) in [6.07, 6.45) is 1.96. The number of phenolic OH excluding ortho intramolecular Hbond substituents is 1. The summed E-state index contributed by atoms with van der Waals surface area (Å²) in [5.41, 5.74) is 2.70. The number of morpholine rings is 1. The van der Waals surface area contributed by atoms with Crippen molar-refractivity contribution in [2.45, 2.75) is 12.8 Å². The maximum absolute atomic E-state index is 13.3. The quantitative estimate of drug-likeness (QED) is 0.635. The summed E-state index contributed by atoms with van der Waals surface area (Å²) >= 11 is 0. The highest BCUT2D eigenvalue weighted by atomic mass is 16.5. The third kappa shape index (κ3) is 4.00. The lowest BCUT2D eigenvalue weighted by atomic mass is 10.1. The van der Waals surface area contributed by atoms with Crippen LogP contribution in [0, 0.1) is 0 Å². The standard InChI is InChI=1S/C24H27N5O4/c1-27(16-4-6-17(7-5-16)28-10-12-33-13-11-28)23(31)19-14-18-20(15-21(19)30)25-26-22(18)24(32)29-8-2-3-9-29/h4-7,14-15,30H,2-3,8-13H2,1H3,(H,25,26). The van der Waals surface area contributed by atoms with Crippen LogP contribution in [-0.4, -0.2) is 78.5 Å². The molecule has 2 N–H and O–H groups in total. The van der Waals surface area contributed by atoms with E-state index in [0.29, 0.717) is 42.9 Å². The molecule has 2 aromatic carbocycles. The molecule has 0 aliphatic carbocycles. The maximum atomic E-state index is 13.3. The smallest absolute Gasteiger partial charge is 0.274 e. The van der Waals surface area contributed by atoms with Crippen molar-refractivity contribution >= 4 is 34.1 Å². The van der Waals surface area contributed by atoms with E-state index in [4.69, 9.17) is 4.74 Å². The lowest BCUT2D eigenvalue weighted by molar-refractivity contribution is 0.0788. The van der Waals surface area contributed by atoms with E-state index >= 15 is 0 Å². The summed E-state index contributed by atoms with van der Waals surface area (Å²) < 4.78 is 5.40. The minimum absolute atomic E-state index is 0.124. The Labute approximate surface area is 191 Å². The predicted octanol–water partition coefficient (Wildman–Crippen LogP) is 2.62.